The number of nitrogens with one attached hydrogen (secondary N) is 1. The Balaban J connectivity index is 2.10. The second-order valence-electron chi connectivity index (χ2n) is 5.33. The molecule has 0 bridgehead atoms. The molecule has 2 aromatic carbocycles. The number of carbonyl (C=O) groups excluding carboxylic acids is 1. The molecule has 0 unspecified atom stereocenters. The lowest BCUT2D eigenvalue weighted by Gasteiger charge is -2.14. The van der Waals surface area contributed by atoms with Gasteiger partial charge in [0.15, 0.2) is 12.4 Å². The average Bonchev–Trinajstić information content (AvgIpc) is 2.65. The molecule has 0 spiro atoms. The fraction of sp³-hybridized carbons (Fsp3) is 0.263. The van der Waals surface area contributed by atoms with Crippen molar-refractivity contribution in [2.75, 3.05) is 31.7 Å². The number of benzene rings is 2. The van der Waals surface area contributed by atoms with Crippen LogP contribution in [-0.2, 0) is 9.53 Å². The number of carboxylic acid groups (broad SMARTS) is 1. The third-order valence-corrected chi connectivity index (χ3v) is 3.65. The van der Waals surface area contributed by atoms with E-state index in [-0.39, 0.29) is 5.75 Å². The van der Waals surface area contributed by atoms with Gasteiger partial charge in [-0.05, 0) is 37.3 Å². The molecule has 0 aromatic heterocycles. The van der Waals surface area contributed by atoms with Crippen molar-refractivity contribution in [3.8, 4) is 11.5 Å². The van der Waals surface area contributed by atoms with Crippen LogP contribution in [0.15, 0.2) is 42.5 Å². The highest BCUT2D eigenvalue weighted by molar-refractivity contribution is 6.32. The maximum Gasteiger partial charge on any atom is 0.341 e. The summed E-state index contributed by atoms with van der Waals surface area (Å²) in [6.45, 7) is 2.67. The van der Waals surface area contributed by atoms with Gasteiger partial charge in [0.2, 0.25) is 0 Å². The number of aliphatic carboxylic acids is 1. The summed E-state index contributed by atoms with van der Waals surface area (Å²) in [6.07, 6.45) is 0. The minimum Gasteiger partial charge on any atom is -0.487 e. The van der Waals surface area contributed by atoms with Crippen LogP contribution in [0.25, 0.3) is 0 Å². The zero-order valence-corrected chi connectivity index (χ0v) is 15.5. The molecule has 0 heterocycles. The zero-order chi connectivity index (χ0) is 19.6. The Morgan fingerprint density at radius 1 is 1.11 bits per heavy atom. The van der Waals surface area contributed by atoms with E-state index >= 15 is 0 Å². The average molecular weight is 394 g/mol. The minimum absolute atomic E-state index is 0.282. The second kappa shape index (κ2) is 10.4. The first kappa shape index (κ1) is 20.5. The standard InChI is InChI=1S/C19H20ClNO6/c1-2-25-9-10-26-18-15(20)7-4-8-16(18)21-19(24)13-5-3-6-14(11-13)27-12-17(22)23/h3-8,11H,2,9-10,12H2,1H3,(H,21,24)(H,22,23). The Hall–Kier alpha value is -2.77. The van der Waals surface area contributed by atoms with Crippen molar-refractivity contribution in [3.63, 3.8) is 0 Å². The van der Waals surface area contributed by atoms with Crippen LogP contribution >= 0.6 is 11.6 Å². The molecule has 0 aliphatic carbocycles. The number of amides is 1. The van der Waals surface area contributed by atoms with Gasteiger partial charge in [0.25, 0.3) is 5.91 Å². The molecule has 0 aliphatic rings. The van der Waals surface area contributed by atoms with E-state index in [1.807, 2.05) is 6.92 Å². The SMILES string of the molecule is CCOCCOc1c(Cl)cccc1NC(=O)c1cccc(OCC(=O)O)c1. The summed E-state index contributed by atoms with van der Waals surface area (Å²) >= 11 is 6.18. The van der Waals surface area contributed by atoms with E-state index in [2.05, 4.69) is 5.32 Å². The summed E-state index contributed by atoms with van der Waals surface area (Å²) in [5.41, 5.74) is 0.721. The van der Waals surface area contributed by atoms with Crippen LogP contribution in [-0.4, -0.2) is 43.4 Å². The molecule has 0 radical (unpaired) electrons. The van der Waals surface area contributed by atoms with Crippen molar-refractivity contribution < 1.29 is 28.9 Å². The van der Waals surface area contributed by atoms with Gasteiger partial charge in [-0.3, -0.25) is 4.79 Å². The van der Waals surface area contributed by atoms with Crippen molar-refractivity contribution in [1.82, 2.24) is 0 Å². The van der Waals surface area contributed by atoms with Gasteiger partial charge in [-0.1, -0.05) is 23.7 Å². The summed E-state index contributed by atoms with van der Waals surface area (Å²) in [4.78, 5) is 23.1. The molecule has 2 rings (SSSR count). The summed E-state index contributed by atoms with van der Waals surface area (Å²) in [7, 11) is 0. The lowest BCUT2D eigenvalue weighted by atomic mass is 10.2. The largest absolute Gasteiger partial charge is 0.487 e. The first-order chi connectivity index (χ1) is 13.0. The van der Waals surface area contributed by atoms with Gasteiger partial charge in [-0.15, -0.1) is 0 Å². The number of carbonyl (C=O) groups is 2. The fourth-order valence-electron chi connectivity index (χ4n) is 2.17. The number of carboxylic acids is 1. The molecule has 7 nitrogen and oxygen atoms in total. The van der Waals surface area contributed by atoms with Crippen molar-refractivity contribution in [2.45, 2.75) is 6.92 Å². The van der Waals surface area contributed by atoms with Gasteiger partial charge in [0.05, 0.1) is 17.3 Å². The molecule has 1 amide bonds. The number of ether oxygens (including phenoxy) is 3. The Labute approximate surface area is 161 Å². The Morgan fingerprint density at radius 2 is 1.89 bits per heavy atom. The van der Waals surface area contributed by atoms with E-state index in [0.29, 0.717) is 41.8 Å². The molecule has 2 aromatic rings. The third kappa shape index (κ3) is 6.47. The molecule has 144 valence electrons. The maximum absolute atomic E-state index is 12.5. The Kier molecular flexibility index (Phi) is 7.91. The molecule has 0 aliphatic heterocycles. The number of halogens is 1. The molecule has 8 heteroatoms. The predicted molar refractivity (Wildman–Crippen MR) is 101 cm³/mol. The first-order valence-electron chi connectivity index (χ1n) is 8.26. The lowest BCUT2D eigenvalue weighted by molar-refractivity contribution is -0.139. The van der Waals surface area contributed by atoms with Crippen molar-refractivity contribution in [1.29, 1.82) is 0 Å². The summed E-state index contributed by atoms with van der Waals surface area (Å²) in [5.74, 6) is -0.875. The molecule has 27 heavy (non-hydrogen) atoms. The van der Waals surface area contributed by atoms with E-state index in [9.17, 15) is 9.59 Å². The highest BCUT2D eigenvalue weighted by atomic mass is 35.5. The van der Waals surface area contributed by atoms with E-state index in [0.717, 1.165) is 0 Å². The molecule has 2 N–H and O–H groups in total. The quantitative estimate of drug-likeness (QED) is 0.600. The molecule has 0 fully saturated rings. The van der Waals surface area contributed by atoms with Crippen molar-refractivity contribution >= 4 is 29.2 Å². The van der Waals surface area contributed by atoms with Gasteiger partial charge in [-0.2, -0.15) is 0 Å². The van der Waals surface area contributed by atoms with Crippen molar-refractivity contribution in [2.24, 2.45) is 0 Å². The van der Waals surface area contributed by atoms with Gasteiger partial charge in [0, 0.05) is 12.2 Å². The van der Waals surface area contributed by atoms with Gasteiger partial charge < -0.3 is 24.6 Å². The van der Waals surface area contributed by atoms with E-state index in [4.69, 9.17) is 30.9 Å². The highest BCUT2D eigenvalue weighted by Crippen LogP contribution is 2.33. The van der Waals surface area contributed by atoms with E-state index in [1.165, 1.54) is 6.07 Å². The number of anilines is 1. The normalized spacial score (nSPS) is 10.3. The van der Waals surface area contributed by atoms with Gasteiger partial charge in [-0.25, -0.2) is 4.79 Å². The van der Waals surface area contributed by atoms with E-state index < -0.39 is 18.5 Å². The molecular formula is C19H20ClNO6. The number of rotatable bonds is 10. The predicted octanol–water partition coefficient (Wildman–Crippen LogP) is 3.47. The molecule has 0 saturated heterocycles. The smallest absolute Gasteiger partial charge is 0.341 e. The van der Waals surface area contributed by atoms with Crippen LogP contribution in [0.1, 0.15) is 17.3 Å². The topological polar surface area (TPSA) is 94.1 Å². The van der Waals surface area contributed by atoms with Crippen LogP contribution < -0.4 is 14.8 Å². The summed E-state index contributed by atoms with van der Waals surface area (Å²) in [6, 6.07) is 11.2. The van der Waals surface area contributed by atoms with Crippen LogP contribution in [0.4, 0.5) is 5.69 Å². The minimum atomic E-state index is -1.10. The third-order valence-electron chi connectivity index (χ3n) is 3.35. The highest BCUT2D eigenvalue weighted by Gasteiger charge is 2.14. The maximum atomic E-state index is 12.5. The fourth-order valence-corrected chi connectivity index (χ4v) is 2.40. The molecule has 0 atom stereocenters. The number of hydrogen-bond donors (Lipinski definition) is 2. The number of hydrogen-bond acceptors (Lipinski definition) is 5. The zero-order valence-electron chi connectivity index (χ0n) is 14.7. The molecule has 0 saturated carbocycles. The molecular weight excluding hydrogens is 374 g/mol. The first-order valence-corrected chi connectivity index (χ1v) is 8.64. The van der Waals surface area contributed by atoms with Crippen LogP contribution in [0.3, 0.4) is 0 Å². The van der Waals surface area contributed by atoms with Gasteiger partial charge in [0.1, 0.15) is 12.4 Å². The second-order valence-corrected chi connectivity index (χ2v) is 5.73. The monoisotopic (exact) mass is 393 g/mol. The Morgan fingerprint density at radius 3 is 2.63 bits per heavy atom. The lowest BCUT2D eigenvalue weighted by Crippen LogP contribution is -2.15. The van der Waals surface area contributed by atoms with E-state index in [1.54, 1.807) is 36.4 Å². The van der Waals surface area contributed by atoms with Crippen LogP contribution in [0.5, 0.6) is 11.5 Å². The van der Waals surface area contributed by atoms with Crippen LogP contribution in [0.2, 0.25) is 5.02 Å². The van der Waals surface area contributed by atoms with Gasteiger partial charge >= 0.3 is 5.97 Å². The summed E-state index contributed by atoms with van der Waals surface area (Å²) in [5, 5.41) is 11.8. The number of para-hydroxylation sites is 1. The Bertz CT molecular complexity index is 796. The van der Waals surface area contributed by atoms with Crippen LogP contribution in [0, 0.1) is 0 Å². The van der Waals surface area contributed by atoms with Crippen molar-refractivity contribution in [3.05, 3.63) is 53.1 Å². The summed E-state index contributed by atoms with van der Waals surface area (Å²) < 4.78 is 15.9.